The molecule has 0 saturated carbocycles. The number of carbonyl (C=O) groups excluding carboxylic acids is 2. The summed E-state index contributed by atoms with van der Waals surface area (Å²) in [6, 6.07) is 13.2. The molecule has 0 bridgehead atoms. The number of carbonyl (C=O) groups is 2. The SMILES string of the molecule is COc1ccc(C2CC(c3ccc(F)cc3)=NN2C(=O)CN(C)C(=O)CC(C)(C)C)cc1. The molecule has 1 heterocycles. The van der Waals surface area contributed by atoms with E-state index in [1.165, 1.54) is 22.0 Å². The van der Waals surface area contributed by atoms with Crippen LogP contribution in [0.5, 0.6) is 5.75 Å². The van der Waals surface area contributed by atoms with Gasteiger partial charge in [0.1, 0.15) is 18.1 Å². The fourth-order valence-corrected chi connectivity index (χ4v) is 3.59. The summed E-state index contributed by atoms with van der Waals surface area (Å²) in [6.07, 6.45) is 0.839. The van der Waals surface area contributed by atoms with Gasteiger partial charge in [-0.3, -0.25) is 9.59 Å². The van der Waals surface area contributed by atoms with Gasteiger partial charge in [0.15, 0.2) is 0 Å². The van der Waals surface area contributed by atoms with Crippen LogP contribution in [0, 0.1) is 11.2 Å². The van der Waals surface area contributed by atoms with Crippen molar-refractivity contribution in [1.29, 1.82) is 0 Å². The van der Waals surface area contributed by atoms with Crippen LogP contribution in [0.1, 0.15) is 50.8 Å². The largest absolute Gasteiger partial charge is 0.497 e. The number of likely N-dealkylation sites (N-methyl/N-ethyl adjacent to an activating group) is 1. The third kappa shape index (κ3) is 5.72. The summed E-state index contributed by atoms with van der Waals surface area (Å²) < 4.78 is 18.6. The van der Waals surface area contributed by atoms with Gasteiger partial charge in [-0.2, -0.15) is 5.10 Å². The summed E-state index contributed by atoms with van der Waals surface area (Å²) in [5.41, 5.74) is 2.20. The van der Waals surface area contributed by atoms with E-state index >= 15 is 0 Å². The number of ether oxygens (including phenoxy) is 1. The zero-order chi connectivity index (χ0) is 23.5. The summed E-state index contributed by atoms with van der Waals surface area (Å²) in [5, 5.41) is 6.03. The fraction of sp³-hybridized carbons (Fsp3) is 0.400. The number of rotatable bonds is 6. The van der Waals surface area contributed by atoms with Crippen molar-refractivity contribution in [3.63, 3.8) is 0 Å². The molecule has 2 amide bonds. The monoisotopic (exact) mass is 439 g/mol. The quantitative estimate of drug-likeness (QED) is 0.670. The van der Waals surface area contributed by atoms with Crippen molar-refractivity contribution in [2.75, 3.05) is 20.7 Å². The number of hydrogen-bond donors (Lipinski definition) is 0. The molecule has 0 fully saturated rings. The Balaban J connectivity index is 1.85. The molecule has 0 radical (unpaired) electrons. The number of halogens is 1. The maximum atomic E-state index is 13.4. The summed E-state index contributed by atoms with van der Waals surface area (Å²) in [4.78, 5) is 27.2. The molecule has 1 unspecified atom stereocenters. The Hall–Kier alpha value is -3.22. The smallest absolute Gasteiger partial charge is 0.262 e. The van der Waals surface area contributed by atoms with Gasteiger partial charge in [-0.15, -0.1) is 0 Å². The van der Waals surface area contributed by atoms with E-state index in [-0.39, 0.29) is 35.6 Å². The van der Waals surface area contributed by atoms with E-state index in [2.05, 4.69) is 5.10 Å². The van der Waals surface area contributed by atoms with Crippen LogP contribution in [0.2, 0.25) is 0 Å². The molecule has 3 rings (SSSR count). The minimum absolute atomic E-state index is 0.0677. The molecule has 170 valence electrons. The average molecular weight is 440 g/mol. The molecule has 0 aliphatic carbocycles. The molecule has 1 atom stereocenters. The van der Waals surface area contributed by atoms with Crippen LogP contribution in [0.4, 0.5) is 4.39 Å². The highest BCUT2D eigenvalue weighted by atomic mass is 19.1. The normalized spacial score (nSPS) is 16.0. The second-order valence-corrected chi connectivity index (χ2v) is 9.27. The van der Waals surface area contributed by atoms with E-state index in [0.29, 0.717) is 18.6 Å². The minimum atomic E-state index is -0.328. The Morgan fingerprint density at radius 2 is 1.75 bits per heavy atom. The molecule has 32 heavy (non-hydrogen) atoms. The first kappa shape index (κ1) is 23.4. The van der Waals surface area contributed by atoms with Gasteiger partial charge in [-0.25, -0.2) is 9.40 Å². The lowest BCUT2D eigenvalue weighted by molar-refractivity contribution is -0.141. The average Bonchev–Trinajstić information content (AvgIpc) is 3.18. The van der Waals surface area contributed by atoms with Gasteiger partial charge < -0.3 is 9.64 Å². The Kier molecular flexibility index (Phi) is 6.96. The first-order valence-electron chi connectivity index (χ1n) is 10.6. The van der Waals surface area contributed by atoms with E-state index < -0.39 is 0 Å². The molecule has 0 saturated heterocycles. The van der Waals surface area contributed by atoms with Crippen LogP contribution in [-0.4, -0.2) is 48.1 Å². The maximum Gasteiger partial charge on any atom is 0.262 e. The van der Waals surface area contributed by atoms with Gasteiger partial charge in [-0.1, -0.05) is 45.0 Å². The van der Waals surface area contributed by atoms with Crippen molar-refractivity contribution < 1.29 is 18.7 Å². The zero-order valence-electron chi connectivity index (χ0n) is 19.3. The van der Waals surface area contributed by atoms with Crippen LogP contribution >= 0.6 is 0 Å². The molecular formula is C25H30FN3O3. The van der Waals surface area contributed by atoms with Crippen LogP contribution < -0.4 is 4.74 Å². The van der Waals surface area contributed by atoms with Gasteiger partial charge in [0, 0.05) is 19.9 Å². The van der Waals surface area contributed by atoms with E-state index in [9.17, 15) is 14.0 Å². The summed E-state index contributed by atoms with van der Waals surface area (Å²) in [6.45, 7) is 5.89. The Morgan fingerprint density at radius 1 is 1.12 bits per heavy atom. The van der Waals surface area contributed by atoms with Gasteiger partial charge in [-0.05, 0) is 40.8 Å². The molecule has 0 aromatic heterocycles. The molecule has 0 spiro atoms. The zero-order valence-corrected chi connectivity index (χ0v) is 19.3. The van der Waals surface area contributed by atoms with E-state index in [0.717, 1.165) is 16.9 Å². The fourth-order valence-electron chi connectivity index (χ4n) is 3.59. The van der Waals surface area contributed by atoms with E-state index in [1.54, 1.807) is 26.3 Å². The van der Waals surface area contributed by atoms with E-state index in [1.807, 2.05) is 45.0 Å². The molecule has 0 N–H and O–H groups in total. The lowest BCUT2D eigenvalue weighted by atomic mass is 9.92. The third-order valence-electron chi connectivity index (χ3n) is 5.32. The standard InChI is InChI=1S/C25H30FN3O3/c1-25(2,3)15-23(30)28(4)16-24(31)29-22(18-8-12-20(32-5)13-9-18)14-21(27-29)17-6-10-19(26)11-7-17/h6-13,22H,14-16H2,1-5H3. The van der Waals surface area contributed by atoms with Crippen LogP contribution in [0.3, 0.4) is 0 Å². The van der Waals surface area contributed by atoms with Gasteiger partial charge in [0.05, 0.1) is 18.9 Å². The summed E-state index contributed by atoms with van der Waals surface area (Å²) >= 11 is 0. The van der Waals surface area contributed by atoms with Crippen molar-refractivity contribution in [3.8, 4) is 5.75 Å². The molecule has 6 nitrogen and oxygen atoms in total. The lowest BCUT2D eigenvalue weighted by Gasteiger charge is -2.26. The molecular weight excluding hydrogens is 409 g/mol. The Labute approximate surface area is 188 Å². The second kappa shape index (κ2) is 9.51. The minimum Gasteiger partial charge on any atom is -0.497 e. The number of hydrogen-bond acceptors (Lipinski definition) is 4. The number of amides is 2. The van der Waals surface area contributed by atoms with Gasteiger partial charge >= 0.3 is 0 Å². The van der Waals surface area contributed by atoms with Crippen molar-refractivity contribution in [2.24, 2.45) is 10.5 Å². The predicted molar refractivity (Wildman–Crippen MR) is 122 cm³/mol. The van der Waals surface area contributed by atoms with Crippen LogP contribution in [-0.2, 0) is 9.59 Å². The molecule has 1 aliphatic heterocycles. The van der Waals surface area contributed by atoms with Gasteiger partial charge in [0.25, 0.3) is 5.91 Å². The van der Waals surface area contributed by atoms with E-state index in [4.69, 9.17) is 4.74 Å². The van der Waals surface area contributed by atoms with Crippen molar-refractivity contribution in [3.05, 3.63) is 65.5 Å². The van der Waals surface area contributed by atoms with Crippen LogP contribution in [0.15, 0.2) is 53.6 Å². The van der Waals surface area contributed by atoms with Crippen molar-refractivity contribution >= 4 is 17.5 Å². The Morgan fingerprint density at radius 3 is 2.31 bits per heavy atom. The van der Waals surface area contributed by atoms with Crippen LogP contribution in [0.25, 0.3) is 0 Å². The van der Waals surface area contributed by atoms with Crippen molar-refractivity contribution in [2.45, 2.75) is 39.7 Å². The van der Waals surface area contributed by atoms with Crippen molar-refractivity contribution in [1.82, 2.24) is 9.91 Å². The van der Waals surface area contributed by atoms with Gasteiger partial charge in [0.2, 0.25) is 5.91 Å². The number of nitrogens with zero attached hydrogens (tertiary/aromatic N) is 3. The first-order chi connectivity index (χ1) is 15.1. The summed E-state index contributed by atoms with van der Waals surface area (Å²) in [7, 11) is 3.23. The third-order valence-corrected chi connectivity index (χ3v) is 5.32. The molecule has 2 aromatic carbocycles. The lowest BCUT2D eigenvalue weighted by Crippen LogP contribution is -2.40. The number of benzene rings is 2. The molecule has 2 aromatic rings. The predicted octanol–water partition coefficient (Wildman–Crippen LogP) is 4.41. The highest BCUT2D eigenvalue weighted by Crippen LogP contribution is 2.34. The maximum absolute atomic E-state index is 13.4. The molecule has 1 aliphatic rings. The Bertz CT molecular complexity index is 995. The second-order valence-electron chi connectivity index (χ2n) is 9.27. The topological polar surface area (TPSA) is 62.2 Å². The number of methoxy groups -OCH3 is 1. The summed E-state index contributed by atoms with van der Waals surface area (Å²) in [5.74, 6) is 0.0317. The first-order valence-corrected chi connectivity index (χ1v) is 10.6. The number of hydrazone groups is 1. The molecule has 7 heteroatoms. The highest BCUT2D eigenvalue weighted by Gasteiger charge is 2.34. The highest BCUT2D eigenvalue weighted by molar-refractivity contribution is 6.03.